The van der Waals surface area contributed by atoms with E-state index in [2.05, 4.69) is 12.6 Å². The summed E-state index contributed by atoms with van der Waals surface area (Å²) in [6, 6.07) is 17.6. The van der Waals surface area contributed by atoms with E-state index in [4.69, 9.17) is 21.1 Å². The molecule has 0 aliphatic heterocycles. The smallest absolute Gasteiger partial charge is 0.138 e. The highest BCUT2D eigenvalue weighted by Gasteiger charge is 2.13. The van der Waals surface area contributed by atoms with Crippen molar-refractivity contribution in [3.8, 4) is 17.6 Å². The molecule has 0 aliphatic carbocycles. The lowest BCUT2D eigenvalue weighted by atomic mass is 9.93. The molecule has 0 radical (unpaired) electrons. The number of rotatable bonds is 10. The van der Waals surface area contributed by atoms with E-state index < -0.39 is 0 Å². The molecule has 156 valence electrons. The van der Waals surface area contributed by atoms with Crippen LogP contribution in [0.2, 0.25) is 5.02 Å². The first-order chi connectivity index (χ1) is 14.5. The topological polar surface area (TPSA) is 42.2 Å². The molecule has 3 nitrogen and oxygen atoms in total. The number of hydrogen-bond acceptors (Lipinski definition) is 3. The van der Waals surface area contributed by atoms with Crippen LogP contribution < -0.4 is 9.47 Å². The zero-order valence-corrected chi connectivity index (χ0v) is 18.6. The third-order valence-corrected chi connectivity index (χ3v) is 4.60. The molecule has 0 atom stereocenters. The van der Waals surface area contributed by atoms with Crippen LogP contribution in [0, 0.1) is 11.3 Å². The van der Waals surface area contributed by atoms with E-state index in [1.165, 1.54) is 0 Å². The quantitative estimate of drug-likeness (QED) is 0.228. The Morgan fingerprint density at radius 3 is 2.53 bits per heavy atom. The van der Waals surface area contributed by atoms with Crippen molar-refractivity contribution >= 4 is 17.2 Å². The first-order valence-corrected chi connectivity index (χ1v) is 10.4. The van der Waals surface area contributed by atoms with Gasteiger partial charge in [-0.2, -0.15) is 5.26 Å². The second kappa shape index (κ2) is 11.9. The first-order valence-electron chi connectivity index (χ1n) is 10.1. The Morgan fingerprint density at radius 1 is 1.20 bits per heavy atom. The van der Waals surface area contributed by atoms with E-state index in [9.17, 15) is 5.26 Å². The fourth-order valence-corrected chi connectivity index (χ4v) is 3.18. The SMILES string of the molecule is C=C(CCCOc1ccccc1)/C(C#N)=C(\C=C/C)c1ccc(OC(C)C)c(Cl)c1. The Balaban J connectivity index is 2.16. The average molecular weight is 422 g/mol. The van der Waals surface area contributed by atoms with Gasteiger partial charge in [0.25, 0.3) is 0 Å². The van der Waals surface area contributed by atoms with E-state index in [0.717, 1.165) is 28.9 Å². The van der Waals surface area contributed by atoms with E-state index in [-0.39, 0.29) is 6.10 Å². The number of nitriles is 1. The van der Waals surface area contributed by atoms with Crippen LogP contribution in [0.3, 0.4) is 0 Å². The Bertz CT molecular complexity index is 953. The Kier molecular flexibility index (Phi) is 9.25. The first kappa shape index (κ1) is 23.3. The minimum Gasteiger partial charge on any atom is -0.494 e. The van der Waals surface area contributed by atoms with Gasteiger partial charge in [0.2, 0.25) is 0 Å². The highest BCUT2D eigenvalue weighted by Crippen LogP contribution is 2.32. The predicted molar refractivity (Wildman–Crippen MR) is 125 cm³/mol. The summed E-state index contributed by atoms with van der Waals surface area (Å²) in [5.74, 6) is 1.47. The van der Waals surface area contributed by atoms with Gasteiger partial charge in [-0.05, 0) is 74.6 Å². The van der Waals surface area contributed by atoms with Crippen molar-refractivity contribution in [2.45, 2.75) is 39.7 Å². The van der Waals surface area contributed by atoms with E-state index in [1.807, 2.05) is 81.5 Å². The Morgan fingerprint density at radius 2 is 1.93 bits per heavy atom. The highest BCUT2D eigenvalue weighted by atomic mass is 35.5. The molecule has 0 bridgehead atoms. The van der Waals surface area contributed by atoms with Crippen LogP contribution in [0.15, 0.2) is 78.4 Å². The molecule has 0 aliphatic rings. The zero-order chi connectivity index (χ0) is 21.9. The summed E-state index contributed by atoms with van der Waals surface area (Å²) in [6.07, 6.45) is 5.29. The van der Waals surface area contributed by atoms with Gasteiger partial charge in [-0.25, -0.2) is 0 Å². The molecule has 0 aromatic heterocycles. The van der Waals surface area contributed by atoms with Gasteiger partial charge in [-0.3, -0.25) is 0 Å². The van der Waals surface area contributed by atoms with Gasteiger partial charge in [0.15, 0.2) is 0 Å². The monoisotopic (exact) mass is 421 g/mol. The maximum atomic E-state index is 9.84. The normalized spacial score (nSPS) is 11.9. The molecule has 0 spiro atoms. The summed E-state index contributed by atoms with van der Waals surface area (Å²) in [4.78, 5) is 0. The summed E-state index contributed by atoms with van der Waals surface area (Å²) >= 11 is 6.41. The van der Waals surface area contributed by atoms with Crippen molar-refractivity contribution in [2.75, 3.05) is 6.61 Å². The molecule has 2 aromatic carbocycles. The second-order valence-corrected chi connectivity index (χ2v) is 7.49. The molecule has 2 rings (SSSR count). The van der Waals surface area contributed by atoms with Gasteiger partial charge >= 0.3 is 0 Å². The van der Waals surface area contributed by atoms with Gasteiger partial charge in [0.1, 0.15) is 17.6 Å². The Hall–Kier alpha value is -2.96. The van der Waals surface area contributed by atoms with Crippen LogP contribution in [0.5, 0.6) is 11.5 Å². The molecule has 4 heteroatoms. The molecule has 0 fully saturated rings. The van der Waals surface area contributed by atoms with Crippen molar-refractivity contribution in [1.82, 2.24) is 0 Å². The van der Waals surface area contributed by atoms with E-state index >= 15 is 0 Å². The number of para-hydroxylation sites is 1. The highest BCUT2D eigenvalue weighted by molar-refractivity contribution is 6.32. The molecule has 0 saturated heterocycles. The number of hydrogen-bond donors (Lipinski definition) is 0. The maximum Gasteiger partial charge on any atom is 0.138 e. The van der Waals surface area contributed by atoms with Crippen molar-refractivity contribution in [2.24, 2.45) is 0 Å². The van der Waals surface area contributed by atoms with E-state index in [0.29, 0.717) is 29.4 Å². The maximum absolute atomic E-state index is 9.84. The van der Waals surface area contributed by atoms with Crippen LogP contribution in [0.4, 0.5) is 0 Å². The number of allylic oxidation sites excluding steroid dienone is 5. The van der Waals surface area contributed by atoms with Gasteiger partial charge in [0, 0.05) is 0 Å². The van der Waals surface area contributed by atoms with Crippen molar-refractivity contribution in [3.63, 3.8) is 0 Å². The lowest BCUT2D eigenvalue weighted by Crippen LogP contribution is -2.06. The number of nitrogens with zero attached hydrogens (tertiary/aromatic N) is 1. The molecule has 0 N–H and O–H groups in total. The van der Waals surface area contributed by atoms with Crippen LogP contribution in [0.1, 0.15) is 39.2 Å². The Labute approximate surface area is 184 Å². The summed E-state index contributed by atoms with van der Waals surface area (Å²) < 4.78 is 11.5. The average Bonchev–Trinajstić information content (AvgIpc) is 2.73. The largest absolute Gasteiger partial charge is 0.494 e. The van der Waals surface area contributed by atoms with Crippen molar-refractivity contribution < 1.29 is 9.47 Å². The fourth-order valence-electron chi connectivity index (χ4n) is 2.96. The van der Waals surface area contributed by atoms with Crippen LogP contribution in [0.25, 0.3) is 5.57 Å². The standard InChI is InChI=1S/C26H28ClNO2/c1-5-10-23(21-14-15-26(25(27)17-21)30-19(2)3)24(18-28)20(4)11-9-16-29-22-12-7-6-8-13-22/h5-8,10,12-15,17,19H,4,9,11,16H2,1-3H3/b10-5-,24-23+. The van der Waals surface area contributed by atoms with E-state index in [1.54, 1.807) is 0 Å². The van der Waals surface area contributed by atoms with Crippen molar-refractivity contribution in [3.05, 3.63) is 89.0 Å². The van der Waals surface area contributed by atoms with Gasteiger partial charge in [0.05, 0.1) is 23.3 Å². The summed E-state index contributed by atoms with van der Waals surface area (Å²) in [7, 11) is 0. The van der Waals surface area contributed by atoms with Gasteiger partial charge in [-0.1, -0.05) is 54.6 Å². The predicted octanol–water partition coefficient (Wildman–Crippen LogP) is 7.40. The van der Waals surface area contributed by atoms with Gasteiger partial charge in [-0.15, -0.1) is 0 Å². The number of halogens is 1. The zero-order valence-electron chi connectivity index (χ0n) is 17.8. The number of ether oxygens (including phenoxy) is 2. The summed E-state index contributed by atoms with van der Waals surface area (Å²) in [5, 5.41) is 10.4. The second-order valence-electron chi connectivity index (χ2n) is 7.08. The molecule has 0 heterocycles. The third kappa shape index (κ3) is 6.83. The van der Waals surface area contributed by atoms with Crippen LogP contribution in [-0.4, -0.2) is 12.7 Å². The minimum absolute atomic E-state index is 0.0338. The molecule has 0 amide bonds. The van der Waals surface area contributed by atoms with Crippen LogP contribution in [-0.2, 0) is 0 Å². The lowest BCUT2D eigenvalue weighted by molar-refractivity contribution is 0.242. The molecule has 0 saturated carbocycles. The molecule has 30 heavy (non-hydrogen) atoms. The molecule has 0 unspecified atom stereocenters. The fraction of sp³-hybridized carbons (Fsp3) is 0.269. The molecule has 2 aromatic rings. The molecular weight excluding hydrogens is 394 g/mol. The minimum atomic E-state index is 0.0338. The lowest BCUT2D eigenvalue weighted by Gasteiger charge is -2.14. The van der Waals surface area contributed by atoms with Crippen molar-refractivity contribution in [1.29, 1.82) is 5.26 Å². The van der Waals surface area contributed by atoms with Gasteiger partial charge < -0.3 is 9.47 Å². The molecular formula is C26H28ClNO2. The summed E-state index contributed by atoms with van der Waals surface area (Å²) in [5.41, 5.74) is 2.99. The van der Waals surface area contributed by atoms with Crippen LogP contribution >= 0.6 is 11.6 Å². The third-order valence-electron chi connectivity index (χ3n) is 4.31. The number of benzene rings is 2. The summed E-state index contributed by atoms with van der Waals surface area (Å²) in [6.45, 7) is 10.5.